The van der Waals surface area contributed by atoms with E-state index in [-0.39, 0.29) is 5.92 Å². The number of thiophene rings is 1. The van der Waals surface area contributed by atoms with Crippen molar-refractivity contribution in [3.05, 3.63) is 16.3 Å². The van der Waals surface area contributed by atoms with E-state index in [0.29, 0.717) is 6.61 Å². The van der Waals surface area contributed by atoms with Gasteiger partial charge in [-0.15, -0.1) is 11.3 Å². The summed E-state index contributed by atoms with van der Waals surface area (Å²) in [6, 6.07) is 1.90. The van der Waals surface area contributed by atoms with Gasteiger partial charge in [0.15, 0.2) is 0 Å². The molecule has 0 amide bonds. The Labute approximate surface area is 87.3 Å². The SMILES string of the molecule is COc1csc(C(O)C2CCOC2)c1. The summed E-state index contributed by atoms with van der Waals surface area (Å²) in [6.45, 7) is 1.44. The number of aliphatic hydroxyl groups excluding tert-OH is 1. The molecular formula is C10H14O3S. The normalized spacial score (nSPS) is 23.7. The van der Waals surface area contributed by atoms with Gasteiger partial charge in [0.25, 0.3) is 0 Å². The largest absolute Gasteiger partial charge is 0.496 e. The Morgan fingerprint density at radius 3 is 3.14 bits per heavy atom. The van der Waals surface area contributed by atoms with Gasteiger partial charge in [0.2, 0.25) is 0 Å². The number of hydrogen-bond acceptors (Lipinski definition) is 4. The highest BCUT2D eigenvalue weighted by Crippen LogP contribution is 2.34. The second-order valence-electron chi connectivity index (χ2n) is 3.46. The molecule has 1 aliphatic rings. The molecule has 2 rings (SSSR count). The minimum atomic E-state index is -0.397. The molecule has 0 radical (unpaired) electrons. The van der Waals surface area contributed by atoms with Gasteiger partial charge in [0, 0.05) is 22.8 Å². The summed E-state index contributed by atoms with van der Waals surface area (Å²) < 4.78 is 10.3. The molecule has 1 fully saturated rings. The molecule has 0 spiro atoms. The van der Waals surface area contributed by atoms with Crippen molar-refractivity contribution in [2.45, 2.75) is 12.5 Å². The molecule has 2 heterocycles. The van der Waals surface area contributed by atoms with E-state index in [1.54, 1.807) is 7.11 Å². The molecule has 0 saturated carbocycles. The number of ether oxygens (including phenoxy) is 2. The van der Waals surface area contributed by atoms with Crippen molar-refractivity contribution >= 4 is 11.3 Å². The van der Waals surface area contributed by atoms with Crippen LogP contribution in [0, 0.1) is 5.92 Å². The lowest BCUT2D eigenvalue weighted by Gasteiger charge is -2.13. The molecule has 2 atom stereocenters. The van der Waals surface area contributed by atoms with Gasteiger partial charge in [0.1, 0.15) is 5.75 Å². The monoisotopic (exact) mass is 214 g/mol. The highest BCUT2D eigenvalue weighted by Gasteiger charge is 2.26. The molecule has 1 aliphatic heterocycles. The van der Waals surface area contributed by atoms with Crippen molar-refractivity contribution < 1.29 is 14.6 Å². The maximum Gasteiger partial charge on any atom is 0.129 e. The quantitative estimate of drug-likeness (QED) is 0.834. The average Bonchev–Trinajstić information content (AvgIpc) is 2.88. The Kier molecular flexibility index (Phi) is 3.05. The third kappa shape index (κ3) is 1.92. The first-order chi connectivity index (χ1) is 6.81. The summed E-state index contributed by atoms with van der Waals surface area (Å²) in [4.78, 5) is 0.970. The standard InChI is InChI=1S/C10H14O3S/c1-12-8-4-9(14-6-8)10(11)7-2-3-13-5-7/h4,6-7,10-11H,2-3,5H2,1H3. The first-order valence-corrected chi connectivity index (χ1v) is 5.57. The minimum Gasteiger partial charge on any atom is -0.496 e. The van der Waals surface area contributed by atoms with Crippen LogP contribution in [0.4, 0.5) is 0 Å². The zero-order valence-corrected chi connectivity index (χ0v) is 8.92. The Hall–Kier alpha value is -0.580. The van der Waals surface area contributed by atoms with Crippen molar-refractivity contribution in [3.8, 4) is 5.75 Å². The third-order valence-electron chi connectivity index (χ3n) is 2.53. The van der Waals surface area contributed by atoms with Crippen molar-refractivity contribution in [3.63, 3.8) is 0 Å². The van der Waals surface area contributed by atoms with Crippen LogP contribution in [0.5, 0.6) is 5.75 Å². The van der Waals surface area contributed by atoms with E-state index in [1.807, 2.05) is 11.4 Å². The van der Waals surface area contributed by atoms with E-state index in [4.69, 9.17) is 9.47 Å². The van der Waals surface area contributed by atoms with Crippen LogP contribution in [0.3, 0.4) is 0 Å². The summed E-state index contributed by atoms with van der Waals surface area (Å²) >= 11 is 1.54. The maximum absolute atomic E-state index is 10.0. The van der Waals surface area contributed by atoms with Crippen LogP contribution in [-0.4, -0.2) is 25.4 Å². The van der Waals surface area contributed by atoms with Crippen LogP contribution in [0.1, 0.15) is 17.4 Å². The average molecular weight is 214 g/mol. The fourth-order valence-electron chi connectivity index (χ4n) is 1.63. The van der Waals surface area contributed by atoms with E-state index >= 15 is 0 Å². The maximum atomic E-state index is 10.0. The van der Waals surface area contributed by atoms with Gasteiger partial charge >= 0.3 is 0 Å². The molecule has 0 bridgehead atoms. The van der Waals surface area contributed by atoms with Gasteiger partial charge in [-0.25, -0.2) is 0 Å². The fraction of sp³-hybridized carbons (Fsp3) is 0.600. The molecule has 1 aromatic heterocycles. The summed E-state index contributed by atoms with van der Waals surface area (Å²) in [5.74, 6) is 1.07. The molecule has 0 aliphatic carbocycles. The lowest BCUT2D eigenvalue weighted by atomic mass is 10.0. The first-order valence-electron chi connectivity index (χ1n) is 4.69. The van der Waals surface area contributed by atoms with Crippen LogP contribution < -0.4 is 4.74 Å². The van der Waals surface area contributed by atoms with Crippen molar-refractivity contribution in [2.24, 2.45) is 5.92 Å². The fourth-order valence-corrected chi connectivity index (χ4v) is 2.56. The van der Waals surface area contributed by atoms with Gasteiger partial charge < -0.3 is 14.6 Å². The van der Waals surface area contributed by atoms with Gasteiger partial charge in [-0.2, -0.15) is 0 Å². The molecular weight excluding hydrogens is 200 g/mol. The van der Waals surface area contributed by atoms with Crippen LogP contribution in [0.2, 0.25) is 0 Å². The topological polar surface area (TPSA) is 38.7 Å². The number of methoxy groups -OCH3 is 1. The summed E-state index contributed by atoms with van der Waals surface area (Å²) in [7, 11) is 1.64. The molecule has 0 aromatic carbocycles. The lowest BCUT2D eigenvalue weighted by Crippen LogP contribution is -2.10. The lowest BCUT2D eigenvalue weighted by molar-refractivity contribution is 0.0944. The van der Waals surface area contributed by atoms with Crippen LogP contribution in [0.15, 0.2) is 11.4 Å². The molecule has 1 saturated heterocycles. The molecule has 3 nitrogen and oxygen atoms in total. The Bertz CT molecular complexity index is 291. The molecule has 2 unspecified atom stereocenters. The van der Waals surface area contributed by atoms with Gasteiger partial charge in [-0.05, 0) is 12.5 Å². The Morgan fingerprint density at radius 1 is 1.71 bits per heavy atom. The number of aliphatic hydroxyl groups is 1. The van der Waals surface area contributed by atoms with Gasteiger partial charge in [-0.3, -0.25) is 0 Å². The first kappa shape index (κ1) is 9.96. The molecule has 1 aromatic rings. The number of hydrogen-bond donors (Lipinski definition) is 1. The van der Waals surface area contributed by atoms with Crippen molar-refractivity contribution in [1.29, 1.82) is 0 Å². The summed E-state index contributed by atoms with van der Waals surface area (Å²) in [5.41, 5.74) is 0. The van der Waals surface area contributed by atoms with Crippen molar-refractivity contribution in [1.82, 2.24) is 0 Å². The van der Waals surface area contributed by atoms with Gasteiger partial charge in [0.05, 0.1) is 19.8 Å². The molecule has 4 heteroatoms. The predicted octanol–water partition coefficient (Wildman–Crippen LogP) is 1.83. The van der Waals surface area contributed by atoms with E-state index in [0.717, 1.165) is 23.7 Å². The smallest absolute Gasteiger partial charge is 0.129 e. The second kappa shape index (κ2) is 4.29. The summed E-state index contributed by atoms with van der Waals surface area (Å²) in [6.07, 6.45) is 0.549. The third-order valence-corrected chi connectivity index (χ3v) is 3.52. The molecule has 1 N–H and O–H groups in total. The van der Waals surface area contributed by atoms with Gasteiger partial charge in [-0.1, -0.05) is 0 Å². The van der Waals surface area contributed by atoms with Crippen LogP contribution in [0.25, 0.3) is 0 Å². The summed E-state index contributed by atoms with van der Waals surface area (Å²) in [5, 5.41) is 11.9. The predicted molar refractivity (Wildman–Crippen MR) is 54.8 cm³/mol. The van der Waals surface area contributed by atoms with Crippen LogP contribution in [-0.2, 0) is 4.74 Å². The highest BCUT2D eigenvalue weighted by molar-refractivity contribution is 7.10. The number of rotatable bonds is 3. The second-order valence-corrected chi connectivity index (χ2v) is 4.40. The van der Waals surface area contributed by atoms with Crippen molar-refractivity contribution in [2.75, 3.05) is 20.3 Å². The van der Waals surface area contributed by atoms with E-state index in [1.165, 1.54) is 11.3 Å². The van der Waals surface area contributed by atoms with E-state index in [9.17, 15) is 5.11 Å². The highest BCUT2D eigenvalue weighted by atomic mass is 32.1. The zero-order valence-electron chi connectivity index (χ0n) is 8.10. The Morgan fingerprint density at radius 2 is 2.57 bits per heavy atom. The molecule has 14 heavy (non-hydrogen) atoms. The minimum absolute atomic E-state index is 0.248. The molecule has 78 valence electrons. The Balaban J connectivity index is 2.05. The van der Waals surface area contributed by atoms with E-state index < -0.39 is 6.10 Å². The van der Waals surface area contributed by atoms with E-state index in [2.05, 4.69) is 0 Å². The zero-order chi connectivity index (χ0) is 9.97. The van der Waals surface area contributed by atoms with Crippen LogP contribution >= 0.6 is 11.3 Å².